The Morgan fingerprint density at radius 3 is 2.07 bits per heavy atom. The lowest BCUT2D eigenvalue weighted by Crippen LogP contribution is -2.31. The maximum absolute atomic E-state index is 12.3. The third-order valence-corrected chi connectivity index (χ3v) is 5.33. The lowest BCUT2D eigenvalue weighted by molar-refractivity contribution is 0.141. The van der Waals surface area contributed by atoms with Crippen LogP contribution in [0.5, 0.6) is 0 Å². The van der Waals surface area contributed by atoms with Crippen molar-refractivity contribution in [2.24, 2.45) is 0 Å². The van der Waals surface area contributed by atoms with E-state index in [1.165, 1.54) is 22.3 Å². The molecule has 4 heteroatoms. The maximum Gasteiger partial charge on any atom is 0.407 e. The Hall–Kier alpha value is -3.11. The molecule has 1 atom stereocenters. The normalized spacial score (nSPS) is 13.5. The quantitative estimate of drug-likeness (QED) is 0.677. The van der Waals surface area contributed by atoms with Crippen LogP contribution in [0.3, 0.4) is 0 Å². The van der Waals surface area contributed by atoms with Gasteiger partial charge in [-0.25, -0.2) is 4.79 Å². The van der Waals surface area contributed by atoms with Crippen LogP contribution in [-0.4, -0.2) is 31.0 Å². The summed E-state index contributed by atoms with van der Waals surface area (Å²) < 4.78 is 5.54. The topological polar surface area (TPSA) is 58.6 Å². The summed E-state index contributed by atoms with van der Waals surface area (Å²) in [6, 6.07) is 26.2. The second kappa shape index (κ2) is 8.28. The highest BCUT2D eigenvalue weighted by Gasteiger charge is 2.29. The summed E-state index contributed by atoms with van der Waals surface area (Å²) in [5.74, 6) is -0.109. The first kappa shape index (κ1) is 18.3. The molecule has 0 spiro atoms. The molecule has 0 bridgehead atoms. The second-order valence-corrected chi connectivity index (χ2v) is 7.00. The number of carbonyl (C=O) groups is 1. The molecule has 1 amide bonds. The molecule has 1 aliphatic rings. The molecule has 1 aliphatic carbocycles. The Kier molecular flexibility index (Phi) is 5.40. The van der Waals surface area contributed by atoms with Crippen molar-refractivity contribution in [1.82, 2.24) is 5.32 Å². The number of amides is 1. The minimum Gasteiger partial charge on any atom is -0.449 e. The lowest BCUT2D eigenvalue weighted by Gasteiger charge is -2.17. The number of ether oxygens (including phenoxy) is 1. The molecule has 142 valence electrons. The smallest absolute Gasteiger partial charge is 0.407 e. The Morgan fingerprint density at radius 2 is 1.46 bits per heavy atom. The highest BCUT2D eigenvalue weighted by molar-refractivity contribution is 5.79. The average molecular weight is 373 g/mol. The van der Waals surface area contributed by atoms with Crippen LogP contribution in [0.1, 0.15) is 28.5 Å². The molecule has 0 saturated heterocycles. The highest BCUT2D eigenvalue weighted by atomic mass is 16.5. The number of hydrogen-bond acceptors (Lipinski definition) is 3. The van der Waals surface area contributed by atoms with E-state index in [0.29, 0.717) is 6.54 Å². The van der Waals surface area contributed by atoms with Crippen LogP contribution in [0.15, 0.2) is 78.9 Å². The summed E-state index contributed by atoms with van der Waals surface area (Å²) in [7, 11) is 0. The first-order chi connectivity index (χ1) is 13.8. The molecule has 3 aromatic carbocycles. The van der Waals surface area contributed by atoms with E-state index in [0.717, 1.165) is 5.56 Å². The van der Waals surface area contributed by atoms with Crippen molar-refractivity contribution in [3.8, 4) is 11.1 Å². The predicted octanol–water partition coefficient (Wildman–Crippen LogP) is 4.30. The molecule has 0 aliphatic heterocycles. The first-order valence-electron chi connectivity index (χ1n) is 9.52. The summed E-state index contributed by atoms with van der Waals surface area (Å²) in [6.45, 7) is 0.583. The number of rotatable bonds is 6. The van der Waals surface area contributed by atoms with Gasteiger partial charge in [-0.1, -0.05) is 78.9 Å². The van der Waals surface area contributed by atoms with E-state index in [4.69, 9.17) is 4.74 Å². The van der Waals surface area contributed by atoms with Crippen LogP contribution in [0.2, 0.25) is 0 Å². The first-order valence-corrected chi connectivity index (χ1v) is 9.52. The number of alkyl carbamates (subject to hydrolysis) is 1. The zero-order chi connectivity index (χ0) is 19.3. The molecule has 0 aromatic heterocycles. The fourth-order valence-electron chi connectivity index (χ4n) is 3.87. The molecule has 3 aromatic rings. The second-order valence-electron chi connectivity index (χ2n) is 7.00. The van der Waals surface area contributed by atoms with Crippen molar-refractivity contribution >= 4 is 6.09 Å². The number of carbonyl (C=O) groups excluding carboxylic acids is 1. The van der Waals surface area contributed by atoms with Gasteiger partial charge in [-0.3, -0.25) is 0 Å². The summed E-state index contributed by atoms with van der Waals surface area (Å²) >= 11 is 0. The fraction of sp³-hybridized carbons (Fsp3) is 0.208. The van der Waals surface area contributed by atoms with Gasteiger partial charge in [-0.15, -0.1) is 0 Å². The molecule has 4 rings (SSSR count). The zero-order valence-corrected chi connectivity index (χ0v) is 15.5. The molecule has 0 saturated carbocycles. The molecular formula is C24H23NO3. The van der Waals surface area contributed by atoms with Crippen LogP contribution >= 0.6 is 0 Å². The van der Waals surface area contributed by atoms with E-state index in [2.05, 4.69) is 29.6 Å². The molecule has 0 radical (unpaired) electrons. The van der Waals surface area contributed by atoms with Crippen molar-refractivity contribution in [3.63, 3.8) is 0 Å². The van der Waals surface area contributed by atoms with E-state index >= 15 is 0 Å². The van der Waals surface area contributed by atoms with Crippen molar-refractivity contribution in [3.05, 3.63) is 95.6 Å². The average Bonchev–Trinajstić information content (AvgIpc) is 3.07. The number of nitrogens with one attached hydrogen (secondary N) is 1. The van der Waals surface area contributed by atoms with Gasteiger partial charge in [0.2, 0.25) is 0 Å². The standard InChI is InChI=1S/C24H23NO3/c26-15-18(17-8-2-1-3-9-17)14-25-24(27)28-16-23-21-12-6-4-10-19(21)20-11-5-7-13-22(20)23/h1-13,18,23,26H,14-16H2,(H,25,27). The Labute approximate surface area is 164 Å². The summed E-state index contributed by atoms with van der Waals surface area (Å²) in [5, 5.41) is 12.4. The predicted molar refractivity (Wildman–Crippen MR) is 109 cm³/mol. The largest absolute Gasteiger partial charge is 0.449 e. The van der Waals surface area contributed by atoms with Crippen LogP contribution in [0, 0.1) is 0 Å². The third kappa shape index (κ3) is 3.64. The van der Waals surface area contributed by atoms with Gasteiger partial charge in [0.05, 0.1) is 6.61 Å². The van der Waals surface area contributed by atoms with Crippen LogP contribution < -0.4 is 5.32 Å². The van der Waals surface area contributed by atoms with Crippen molar-refractivity contribution < 1.29 is 14.6 Å². The minimum atomic E-state index is -0.462. The van der Waals surface area contributed by atoms with Gasteiger partial charge in [0.1, 0.15) is 6.61 Å². The van der Waals surface area contributed by atoms with E-state index in [1.54, 1.807) is 0 Å². The molecule has 28 heavy (non-hydrogen) atoms. The molecule has 0 fully saturated rings. The lowest BCUT2D eigenvalue weighted by atomic mass is 9.98. The number of aliphatic hydroxyl groups is 1. The van der Waals surface area contributed by atoms with Gasteiger partial charge in [-0.05, 0) is 27.8 Å². The van der Waals surface area contributed by atoms with Crippen LogP contribution in [0.4, 0.5) is 4.79 Å². The fourth-order valence-corrected chi connectivity index (χ4v) is 3.87. The maximum atomic E-state index is 12.3. The van der Waals surface area contributed by atoms with Crippen molar-refractivity contribution in [2.75, 3.05) is 19.8 Å². The Balaban J connectivity index is 1.39. The number of aliphatic hydroxyl groups excluding tert-OH is 1. The molecule has 4 nitrogen and oxygen atoms in total. The van der Waals surface area contributed by atoms with E-state index < -0.39 is 6.09 Å². The zero-order valence-electron chi connectivity index (χ0n) is 15.5. The summed E-state index contributed by atoms with van der Waals surface area (Å²) in [5.41, 5.74) is 5.78. The van der Waals surface area contributed by atoms with Gasteiger partial charge in [-0.2, -0.15) is 0 Å². The number of hydrogen-bond donors (Lipinski definition) is 2. The SMILES string of the molecule is O=C(NCC(CO)c1ccccc1)OCC1c2ccccc2-c2ccccc21. The Bertz CT molecular complexity index is 909. The summed E-state index contributed by atoms with van der Waals surface area (Å²) in [6.07, 6.45) is -0.462. The number of fused-ring (bicyclic) bond motifs is 3. The van der Waals surface area contributed by atoms with Crippen molar-refractivity contribution in [1.29, 1.82) is 0 Å². The van der Waals surface area contributed by atoms with Crippen molar-refractivity contribution in [2.45, 2.75) is 11.8 Å². The van der Waals surface area contributed by atoms with Gasteiger partial charge in [0.15, 0.2) is 0 Å². The van der Waals surface area contributed by atoms with Crippen LogP contribution in [-0.2, 0) is 4.74 Å². The highest BCUT2D eigenvalue weighted by Crippen LogP contribution is 2.44. The van der Waals surface area contributed by atoms with Gasteiger partial charge in [0.25, 0.3) is 0 Å². The molecule has 2 N–H and O–H groups in total. The third-order valence-electron chi connectivity index (χ3n) is 5.33. The van der Waals surface area contributed by atoms with E-state index in [1.807, 2.05) is 54.6 Å². The molecular weight excluding hydrogens is 350 g/mol. The van der Waals surface area contributed by atoms with E-state index in [-0.39, 0.29) is 25.0 Å². The molecule has 0 heterocycles. The Morgan fingerprint density at radius 1 is 0.893 bits per heavy atom. The van der Waals surface area contributed by atoms with Crippen LogP contribution in [0.25, 0.3) is 11.1 Å². The van der Waals surface area contributed by atoms with Gasteiger partial charge in [0, 0.05) is 18.4 Å². The minimum absolute atomic E-state index is 0.0341. The van der Waals surface area contributed by atoms with Gasteiger partial charge < -0.3 is 15.2 Å². The van der Waals surface area contributed by atoms with E-state index in [9.17, 15) is 9.90 Å². The summed E-state index contributed by atoms with van der Waals surface area (Å²) in [4.78, 5) is 12.3. The van der Waals surface area contributed by atoms with Gasteiger partial charge >= 0.3 is 6.09 Å². The monoisotopic (exact) mass is 373 g/mol. The number of benzene rings is 3. The molecule has 1 unspecified atom stereocenters.